The number of benzene rings is 2. The van der Waals surface area contributed by atoms with Crippen LogP contribution in [0, 0.1) is 29.3 Å². The molecule has 2 aliphatic carbocycles. The van der Waals surface area contributed by atoms with Gasteiger partial charge in [-0.3, -0.25) is 4.79 Å². The summed E-state index contributed by atoms with van der Waals surface area (Å²) >= 11 is 6.21. The zero-order chi connectivity index (χ0) is 24.1. The predicted molar refractivity (Wildman–Crippen MR) is 117 cm³/mol. The maximum Gasteiger partial charge on any atom is 0.255 e. The van der Waals surface area contributed by atoms with Crippen LogP contribution < -0.4 is 5.32 Å². The van der Waals surface area contributed by atoms with Gasteiger partial charge in [0, 0.05) is 23.4 Å². The molecular weight excluding hydrogens is 479 g/mol. The van der Waals surface area contributed by atoms with E-state index in [9.17, 15) is 31.5 Å². The molecule has 176 valence electrons. The van der Waals surface area contributed by atoms with Gasteiger partial charge in [0.2, 0.25) is 0 Å². The normalized spacial score (nSPS) is 26.8. The molecule has 2 aliphatic rings. The minimum Gasteiger partial charge on any atom is -0.386 e. The number of fused-ring (bicyclic) bond motifs is 2. The standard InChI is InChI=1S/C23H21ClF3NO4S/c1-2-23(30)10-13-3-4-14(11-23)21(13)33(31,32)19-7-12(5-6-16(19)24)22(29)28-15-8-17(25)20(27)18(26)9-15/h2,5-9,13-14,21,30H,1,3-4,10-11H2,(H,28,29)/t13-,14?,21?,23?/m0/s1. The highest BCUT2D eigenvalue weighted by Crippen LogP contribution is 2.51. The quantitative estimate of drug-likeness (QED) is 0.453. The fraction of sp³-hybridized carbons (Fsp3) is 0.348. The number of hydrogen-bond donors (Lipinski definition) is 2. The van der Waals surface area contributed by atoms with Gasteiger partial charge >= 0.3 is 0 Å². The van der Waals surface area contributed by atoms with Crippen LogP contribution in [0.2, 0.25) is 5.02 Å². The van der Waals surface area contributed by atoms with Gasteiger partial charge in [0.1, 0.15) is 0 Å². The van der Waals surface area contributed by atoms with Gasteiger partial charge in [-0.05, 0) is 55.7 Å². The van der Waals surface area contributed by atoms with E-state index >= 15 is 0 Å². The summed E-state index contributed by atoms with van der Waals surface area (Å²) < 4.78 is 67.2. The average Bonchev–Trinajstić information content (AvgIpc) is 3.05. The summed E-state index contributed by atoms with van der Waals surface area (Å²) in [4.78, 5) is 12.4. The molecule has 2 aromatic rings. The Morgan fingerprint density at radius 3 is 2.24 bits per heavy atom. The van der Waals surface area contributed by atoms with Crippen molar-refractivity contribution >= 4 is 33.0 Å². The van der Waals surface area contributed by atoms with Crippen LogP contribution in [-0.2, 0) is 9.84 Å². The first-order chi connectivity index (χ1) is 15.4. The van der Waals surface area contributed by atoms with Gasteiger partial charge in [-0.2, -0.15) is 0 Å². The van der Waals surface area contributed by atoms with E-state index in [1.807, 2.05) is 0 Å². The van der Waals surface area contributed by atoms with Crippen molar-refractivity contribution in [3.63, 3.8) is 0 Å². The van der Waals surface area contributed by atoms with Crippen LogP contribution in [0.3, 0.4) is 0 Å². The summed E-state index contributed by atoms with van der Waals surface area (Å²) in [6.07, 6.45) is 3.29. The minimum atomic E-state index is -3.96. The van der Waals surface area contributed by atoms with E-state index in [1.54, 1.807) is 0 Å². The Labute approximate surface area is 194 Å². The first-order valence-corrected chi connectivity index (χ1v) is 12.2. The number of anilines is 1. The van der Waals surface area contributed by atoms with Crippen LogP contribution >= 0.6 is 11.6 Å². The molecule has 2 saturated carbocycles. The predicted octanol–water partition coefficient (Wildman–Crippen LogP) is 4.89. The summed E-state index contributed by atoms with van der Waals surface area (Å²) in [5.41, 5.74) is -1.54. The van der Waals surface area contributed by atoms with Crippen molar-refractivity contribution in [2.24, 2.45) is 11.8 Å². The lowest BCUT2D eigenvalue weighted by atomic mass is 9.77. The Bertz CT molecular complexity index is 1210. The lowest BCUT2D eigenvalue weighted by Crippen LogP contribution is -2.45. The number of carbonyl (C=O) groups is 1. The topological polar surface area (TPSA) is 83.5 Å². The molecule has 0 spiro atoms. The molecule has 10 heteroatoms. The summed E-state index contributed by atoms with van der Waals surface area (Å²) in [5.74, 6) is -6.03. The number of aliphatic hydroxyl groups is 1. The van der Waals surface area contributed by atoms with Crippen molar-refractivity contribution in [3.05, 3.63) is 71.0 Å². The molecule has 1 amide bonds. The van der Waals surface area contributed by atoms with Gasteiger partial charge in [0.25, 0.3) is 5.91 Å². The zero-order valence-electron chi connectivity index (χ0n) is 17.3. The van der Waals surface area contributed by atoms with Gasteiger partial charge in [0.05, 0.1) is 20.8 Å². The van der Waals surface area contributed by atoms with Crippen LogP contribution in [0.25, 0.3) is 0 Å². The molecule has 4 rings (SSSR count). The number of hydrogen-bond acceptors (Lipinski definition) is 4. The fourth-order valence-corrected chi connectivity index (χ4v) is 7.93. The first-order valence-electron chi connectivity index (χ1n) is 10.3. The molecule has 4 atom stereocenters. The third-order valence-corrected chi connectivity index (χ3v) is 9.43. The SMILES string of the molecule is C=CC1(O)CC2CC[C@@H](C1)C2S(=O)(=O)c1cc(C(=O)Nc2cc(F)c(F)c(F)c2)ccc1Cl. The third-order valence-electron chi connectivity index (χ3n) is 6.55. The van der Waals surface area contributed by atoms with Gasteiger partial charge in [-0.1, -0.05) is 17.7 Å². The summed E-state index contributed by atoms with van der Waals surface area (Å²) in [6.45, 7) is 3.66. The lowest BCUT2D eigenvalue weighted by molar-refractivity contribution is 0.0254. The number of rotatable bonds is 5. The summed E-state index contributed by atoms with van der Waals surface area (Å²) in [7, 11) is -3.96. The molecule has 0 saturated heterocycles. The molecule has 2 aromatic carbocycles. The van der Waals surface area contributed by atoms with E-state index in [4.69, 9.17) is 11.6 Å². The second kappa shape index (κ2) is 8.45. The van der Waals surface area contributed by atoms with Crippen molar-refractivity contribution in [2.45, 2.75) is 41.4 Å². The van der Waals surface area contributed by atoms with E-state index in [0.717, 1.165) is 6.07 Å². The lowest BCUT2D eigenvalue weighted by Gasteiger charge is -2.39. The zero-order valence-corrected chi connectivity index (χ0v) is 18.9. The van der Waals surface area contributed by atoms with Gasteiger partial charge in [-0.25, -0.2) is 21.6 Å². The number of halogens is 4. The van der Waals surface area contributed by atoms with Gasteiger partial charge in [-0.15, -0.1) is 6.58 Å². The molecule has 3 unspecified atom stereocenters. The first kappa shape index (κ1) is 23.8. The summed E-state index contributed by atoms with van der Waals surface area (Å²) in [6, 6.07) is 4.89. The van der Waals surface area contributed by atoms with Gasteiger partial charge in [0.15, 0.2) is 27.3 Å². The van der Waals surface area contributed by atoms with Crippen molar-refractivity contribution in [3.8, 4) is 0 Å². The molecule has 0 radical (unpaired) electrons. The smallest absolute Gasteiger partial charge is 0.255 e. The molecule has 0 heterocycles. The number of nitrogens with one attached hydrogen (secondary N) is 1. The van der Waals surface area contributed by atoms with E-state index < -0.39 is 44.0 Å². The second-order valence-corrected chi connectivity index (χ2v) is 11.2. The van der Waals surface area contributed by atoms with E-state index in [-0.39, 0.29) is 45.8 Å². The molecule has 0 aliphatic heterocycles. The van der Waals surface area contributed by atoms with Crippen molar-refractivity contribution in [1.29, 1.82) is 0 Å². The Morgan fingerprint density at radius 1 is 1.12 bits per heavy atom. The maximum absolute atomic E-state index is 13.6. The fourth-order valence-electron chi connectivity index (χ4n) is 5.08. The van der Waals surface area contributed by atoms with Crippen molar-refractivity contribution in [2.75, 3.05) is 5.32 Å². The van der Waals surface area contributed by atoms with Crippen LogP contribution in [0.5, 0.6) is 0 Å². The van der Waals surface area contributed by atoms with Crippen LogP contribution in [0.4, 0.5) is 18.9 Å². The Kier molecular flexibility index (Phi) is 6.09. The highest BCUT2D eigenvalue weighted by atomic mass is 35.5. The Balaban J connectivity index is 1.64. The Morgan fingerprint density at radius 2 is 1.70 bits per heavy atom. The molecule has 0 aromatic heterocycles. The van der Waals surface area contributed by atoms with Crippen LogP contribution in [0.15, 0.2) is 47.9 Å². The average molecular weight is 500 g/mol. The number of sulfone groups is 1. The van der Waals surface area contributed by atoms with Gasteiger partial charge < -0.3 is 10.4 Å². The largest absolute Gasteiger partial charge is 0.386 e. The van der Waals surface area contributed by atoms with E-state index in [0.29, 0.717) is 25.0 Å². The minimum absolute atomic E-state index is 0.0608. The monoisotopic (exact) mass is 499 g/mol. The molecule has 2 fully saturated rings. The molecular formula is C23H21ClF3NO4S. The van der Waals surface area contributed by atoms with E-state index in [2.05, 4.69) is 11.9 Å². The van der Waals surface area contributed by atoms with E-state index in [1.165, 1.54) is 18.2 Å². The Hall–Kier alpha value is -2.36. The summed E-state index contributed by atoms with van der Waals surface area (Å²) in [5, 5.41) is 12.0. The highest BCUT2D eigenvalue weighted by molar-refractivity contribution is 7.92. The van der Waals surface area contributed by atoms with Crippen molar-refractivity contribution in [1.82, 2.24) is 0 Å². The molecule has 2 bridgehead atoms. The second-order valence-electron chi connectivity index (χ2n) is 8.68. The molecule has 33 heavy (non-hydrogen) atoms. The van der Waals surface area contributed by atoms with Crippen LogP contribution in [0.1, 0.15) is 36.0 Å². The third kappa shape index (κ3) is 4.29. The highest BCUT2D eigenvalue weighted by Gasteiger charge is 2.53. The van der Waals surface area contributed by atoms with Crippen LogP contribution in [-0.4, -0.2) is 30.3 Å². The van der Waals surface area contributed by atoms with Crippen molar-refractivity contribution < 1.29 is 31.5 Å². The molecule has 5 nitrogen and oxygen atoms in total. The number of amides is 1. The molecule has 2 N–H and O–H groups in total. The maximum atomic E-state index is 13.6. The number of carbonyl (C=O) groups excluding carboxylic acids is 1.